The molecule has 0 aliphatic heterocycles. The molecule has 0 saturated heterocycles. The average molecular weight is 272 g/mol. The predicted octanol–water partition coefficient (Wildman–Crippen LogP) is 1.48. The van der Waals surface area contributed by atoms with E-state index in [1.165, 1.54) is 4.68 Å². The van der Waals surface area contributed by atoms with Gasteiger partial charge in [0.25, 0.3) is 0 Å². The molecule has 15 heavy (non-hydrogen) atoms. The Labute approximate surface area is 94.6 Å². The van der Waals surface area contributed by atoms with Crippen molar-refractivity contribution in [3.05, 3.63) is 22.9 Å². The van der Waals surface area contributed by atoms with E-state index in [4.69, 9.17) is 15.3 Å². The number of nitrogens with two attached hydrogens (primary N) is 1. The fraction of sp³-hybridized carbons (Fsp3) is 0.222. The summed E-state index contributed by atoms with van der Waals surface area (Å²) in [5.41, 5.74) is 6.37. The molecule has 0 fully saturated rings. The number of aliphatic hydroxyl groups is 1. The van der Waals surface area contributed by atoms with Crippen LogP contribution in [-0.2, 0) is 6.54 Å². The number of nitrogen functional groups attached to an aromatic ring is 1. The average Bonchev–Trinajstić information content (AvgIpc) is 2.75. The van der Waals surface area contributed by atoms with Gasteiger partial charge in [0.1, 0.15) is 11.5 Å². The number of anilines is 1. The zero-order valence-corrected chi connectivity index (χ0v) is 9.44. The van der Waals surface area contributed by atoms with Crippen LogP contribution in [0.4, 0.5) is 5.82 Å². The Morgan fingerprint density at radius 3 is 3.00 bits per heavy atom. The highest BCUT2D eigenvalue weighted by Crippen LogP contribution is 2.29. The van der Waals surface area contributed by atoms with E-state index in [-0.39, 0.29) is 6.61 Å². The quantitative estimate of drug-likeness (QED) is 0.887. The molecule has 0 aliphatic rings. The molecule has 0 aromatic carbocycles. The van der Waals surface area contributed by atoms with Crippen molar-refractivity contribution in [3.63, 3.8) is 0 Å². The maximum absolute atomic E-state index is 8.79. The van der Waals surface area contributed by atoms with Crippen LogP contribution < -0.4 is 5.73 Å². The Morgan fingerprint density at radius 1 is 1.60 bits per heavy atom. The van der Waals surface area contributed by atoms with Gasteiger partial charge in [-0.1, -0.05) is 0 Å². The highest BCUT2D eigenvalue weighted by molar-refractivity contribution is 9.10. The van der Waals surface area contributed by atoms with E-state index in [1.54, 1.807) is 18.4 Å². The third-order valence-corrected chi connectivity index (χ3v) is 2.60. The lowest BCUT2D eigenvalue weighted by Gasteiger charge is -1.98. The molecule has 2 rings (SSSR count). The summed E-state index contributed by atoms with van der Waals surface area (Å²) in [4.78, 5) is 0. The molecule has 2 aromatic heterocycles. The first-order valence-electron chi connectivity index (χ1n) is 4.40. The van der Waals surface area contributed by atoms with Crippen LogP contribution in [0.25, 0.3) is 11.5 Å². The molecular formula is C9H10BrN3O2. The summed E-state index contributed by atoms with van der Waals surface area (Å²) < 4.78 is 7.62. The molecule has 3 N–H and O–H groups in total. The van der Waals surface area contributed by atoms with Crippen LogP contribution >= 0.6 is 15.9 Å². The van der Waals surface area contributed by atoms with E-state index in [1.807, 2.05) is 0 Å². The predicted molar refractivity (Wildman–Crippen MR) is 59.1 cm³/mol. The van der Waals surface area contributed by atoms with Gasteiger partial charge in [0.2, 0.25) is 0 Å². The van der Waals surface area contributed by atoms with Crippen LogP contribution in [0.15, 0.2) is 27.3 Å². The van der Waals surface area contributed by atoms with E-state index in [0.717, 1.165) is 4.47 Å². The zero-order valence-electron chi connectivity index (χ0n) is 7.85. The van der Waals surface area contributed by atoms with Gasteiger partial charge in [-0.15, -0.1) is 0 Å². The fourth-order valence-electron chi connectivity index (χ4n) is 1.29. The molecule has 0 spiro atoms. The monoisotopic (exact) mass is 271 g/mol. The molecule has 2 heterocycles. The molecule has 2 aromatic rings. The minimum atomic E-state index is 0.00461. The van der Waals surface area contributed by atoms with E-state index in [2.05, 4.69) is 21.0 Å². The molecule has 0 atom stereocenters. The second kappa shape index (κ2) is 4.08. The van der Waals surface area contributed by atoms with Gasteiger partial charge < -0.3 is 15.3 Å². The van der Waals surface area contributed by atoms with Crippen LogP contribution in [-0.4, -0.2) is 21.5 Å². The number of rotatable bonds is 3. The van der Waals surface area contributed by atoms with Gasteiger partial charge in [0.15, 0.2) is 5.76 Å². The van der Waals surface area contributed by atoms with E-state index < -0.39 is 0 Å². The smallest absolute Gasteiger partial charge is 0.168 e. The molecule has 80 valence electrons. The van der Waals surface area contributed by atoms with Crippen LogP contribution in [0.5, 0.6) is 0 Å². The first kappa shape index (κ1) is 10.3. The number of nitrogens with zero attached hydrogens (tertiary/aromatic N) is 2. The Balaban J connectivity index is 2.38. The minimum Gasteiger partial charge on any atom is -0.461 e. The zero-order chi connectivity index (χ0) is 10.8. The van der Waals surface area contributed by atoms with Crippen LogP contribution in [0.3, 0.4) is 0 Å². The first-order valence-corrected chi connectivity index (χ1v) is 5.19. The Morgan fingerprint density at radius 2 is 2.40 bits per heavy atom. The van der Waals surface area contributed by atoms with E-state index in [9.17, 15) is 0 Å². The third kappa shape index (κ3) is 1.91. The van der Waals surface area contributed by atoms with Crippen LogP contribution in [0, 0.1) is 0 Å². The Kier molecular flexibility index (Phi) is 2.79. The molecule has 0 unspecified atom stereocenters. The molecular weight excluding hydrogens is 262 g/mol. The van der Waals surface area contributed by atoms with Crippen molar-refractivity contribution in [3.8, 4) is 11.5 Å². The van der Waals surface area contributed by atoms with Crippen molar-refractivity contribution >= 4 is 21.7 Å². The SMILES string of the molecule is Nc1cc(-c2occc2Br)nn1CCO. The van der Waals surface area contributed by atoms with Gasteiger partial charge in [0.05, 0.1) is 23.9 Å². The second-order valence-corrected chi connectivity index (χ2v) is 3.85. The summed E-state index contributed by atoms with van der Waals surface area (Å²) in [7, 11) is 0. The second-order valence-electron chi connectivity index (χ2n) is 3.00. The van der Waals surface area contributed by atoms with E-state index in [0.29, 0.717) is 23.8 Å². The van der Waals surface area contributed by atoms with Crippen molar-refractivity contribution in [1.82, 2.24) is 9.78 Å². The largest absolute Gasteiger partial charge is 0.461 e. The maximum Gasteiger partial charge on any atom is 0.168 e. The van der Waals surface area contributed by atoms with Crippen molar-refractivity contribution in [2.24, 2.45) is 0 Å². The van der Waals surface area contributed by atoms with Crippen molar-refractivity contribution < 1.29 is 9.52 Å². The number of aliphatic hydroxyl groups excluding tert-OH is 1. The first-order chi connectivity index (χ1) is 7.22. The van der Waals surface area contributed by atoms with E-state index >= 15 is 0 Å². The highest BCUT2D eigenvalue weighted by Gasteiger charge is 2.12. The number of furan rings is 1. The summed E-state index contributed by atoms with van der Waals surface area (Å²) >= 11 is 3.34. The summed E-state index contributed by atoms with van der Waals surface area (Å²) in [5.74, 6) is 1.14. The van der Waals surface area contributed by atoms with Gasteiger partial charge in [-0.25, -0.2) is 4.68 Å². The Bertz CT molecular complexity index is 464. The lowest BCUT2D eigenvalue weighted by atomic mass is 10.3. The lowest BCUT2D eigenvalue weighted by Crippen LogP contribution is -2.07. The molecule has 0 radical (unpaired) electrons. The molecule has 0 amide bonds. The standard InChI is InChI=1S/C9H10BrN3O2/c10-6-1-4-15-9(6)7-5-8(11)13(12-7)2-3-14/h1,4-5,14H,2-3,11H2. The van der Waals surface area contributed by atoms with Crippen LogP contribution in [0.1, 0.15) is 0 Å². The van der Waals surface area contributed by atoms with Gasteiger partial charge in [-0.05, 0) is 22.0 Å². The van der Waals surface area contributed by atoms with Gasteiger partial charge in [-0.2, -0.15) is 5.10 Å². The van der Waals surface area contributed by atoms with Crippen molar-refractivity contribution in [2.45, 2.75) is 6.54 Å². The molecule has 6 heteroatoms. The minimum absolute atomic E-state index is 0.00461. The molecule has 0 aliphatic carbocycles. The molecule has 0 bridgehead atoms. The summed E-state index contributed by atoms with van der Waals surface area (Å²) in [6, 6.07) is 3.50. The van der Waals surface area contributed by atoms with Gasteiger partial charge in [-0.3, -0.25) is 0 Å². The van der Waals surface area contributed by atoms with Gasteiger partial charge >= 0.3 is 0 Å². The molecule has 5 nitrogen and oxygen atoms in total. The van der Waals surface area contributed by atoms with Crippen molar-refractivity contribution in [1.29, 1.82) is 0 Å². The third-order valence-electron chi connectivity index (χ3n) is 1.97. The highest BCUT2D eigenvalue weighted by atomic mass is 79.9. The number of hydrogen-bond acceptors (Lipinski definition) is 4. The maximum atomic E-state index is 8.79. The number of hydrogen-bond donors (Lipinski definition) is 2. The van der Waals surface area contributed by atoms with Gasteiger partial charge in [0, 0.05) is 6.07 Å². The summed E-state index contributed by atoms with van der Waals surface area (Å²) in [5, 5.41) is 13.0. The summed E-state index contributed by atoms with van der Waals surface area (Å²) in [6.45, 7) is 0.384. The summed E-state index contributed by atoms with van der Waals surface area (Å²) in [6.07, 6.45) is 1.57. The topological polar surface area (TPSA) is 77.2 Å². The lowest BCUT2D eigenvalue weighted by molar-refractivity contribution is 0.270. The molecule has 0 saturated carbocycles. The fourth-order valence-corrected chi connectivity index (χ4v) is 1.70. The Hall–Kier alpha value is -1.27. The number of halogens is 1. The number of aromatic nitrogens is 2. The van der Waals surface area contributed by atoms with Crippen molar-refractivity contribution in [2.75, 3.05) is 12.3 Å². The van der Waals surface area contributed by atoms with Crippen LogP contribution in [0.2, 0.25) is 0 Å². The normalized spacial score (nSPS) is 10.8.